The van der Waals surface area contributed by atoms with Gasteiger partial charge in [-0.2, -0.15) is 5.10 Å². The Bertz CT molecular complexity index is 576. The highest BCUT2D eigenvalue weighted by Crippen LogP contribution is 2.16. The monoisotopic (exact) mass is 274 g/mol. The predicted octanol–water partition coefficient (Wildman–Crippen LogP) is 2.58. The fourth-order valence-corrected chi connectivity index (χ4v) is 1.90. The normalized spacial score (nSPS) is 11.5. The zero-order valence-corrected chi connectivity index (χ0v) is 11.6. The summed E-state index contributed by atoms with van der Waals surface area (Å²) in [5.41, 5.74) is 0.743. The Kier molecular flexibility index (Phi) is 4.20. The fraction of sp³-hybridized carbons (Fsp3) is 0.333. The molecule has 0 atom stereocenters. The number of benzene rings is 1. The highest BCUT2D eigenvalue weighted by Gasteiger charge is 2.22. The van der Waals surface area contributed by atoms with Crippen molar-refractivity contribution in [3.63, 3.8) is 0 Å². The van der Waals surface area contributed by atoms with Gasteiger partial charge >= 0.3 is 5.97 Å². The molecule has 0 saturated heterocycles. The molecule has 0 unspecified atom stereocenters. The summed E-state index contributed by atoms with van der Waals surface area (Å²) in [6.45, 7) is 4.71. The molecule has 20 heavy (non-hydrogen) atoms. The van der Waals surface area contributed by atoms with E-state index in [9.17, 15) is 4.79 Å². The van der Waals surface area contributed by atoms with Gasteiger partial charge in [-0.15, -0.1) is 0 Å². The van der Waals surface area contributed by atoms with Gasteiger partial charge in [0.15, 0.2) is 0 Å². The summed E-state index contributed by atoms with van der Waals surface area (Å²) < 4.78 is 7.32. The first-order valence-electron chi connectivity index (χ1n) is 6.41. The van der Waals surface area contributed by atoms with Gasteiger partial charge in [0.1, 0.15) is 5.69 Å². The first kappa shape index (κ1) is 14.3. The maximum absolute atomic E-state index is 11.0. The Morgan fingerprint density at radius 3 is 2.65 bits per heavy atom. The second kappa shape index (κ2) is 5.88. The Morgan fingerprint density at radius 1 is 1.30 bits per heavy atom. The van der Waals surface area contributed by atoms with Crippen molar-refractivity contribution in [1.82, 2.24) is 9.78 Å². The van der Waals surface area contributed by atoms with Crippen LogP contribution in [0, 0.1) is 0 Å². The van der Waals surface area contributed by atoms with Crippen molar-refractivity contribution >= 4 is 5.97 Å². The van der Waals surface area contributed by atoms with Crippen LogP contribution in [0.2, 0.25) is 0 Å². The highest BCUT2D eigenvalue weighted by atomic mass is 16.5. The number of carboxylic acid groups (broad SMARTS) is 1. The standard InChI is InChI=1S/C15H18N2O3/c1-15(2,20-10-12-6-4-3-5-7-12)11-17-13(14(18)19)8-9-16-17/h3-9H,10-11H2,1-2H3,(H,18,19). The molecular weight excluding hydrogens is 256 g/mol. The summed E-state index contributed by atoms with van der Waals surface area (Å²) >= 11 is 0. The van der Waals surface area contributed by atoms with Gasteiger partial charge in [0.2, 0.25) is 0 Å². The topological polar surface area (TPSA) is 64.4 Å². The van der Waals surface area contributed by atoms with Gasteiger partial charge in [-0.1, -0.05) is 30.3 Å². The number of ether oxygens (including phenoxy) is 1. The van der Waals surface area contributed by atoms with E-state index in [1.807, 2.05) is 44.2 Å². The molecule has 1 aromatic carbocycles. The van der Waals surface area contributed by atoms with Crippen LogP contribution in [0.15, 0.2) is 42.6 Å². The van der Waals surface area contributed by atoms with Crippen LogP contribution in [-0.4, -0.2) is 26.5 Å². The number of nitrogens with zero attached hydrogens (tertiary/aromatic N) is 2. The molecule has 0 amide bonds. The third-order valence-corrected chi connectivity index (χ3v) is 2.94. The van der Waals surface area contributed by atoms with Gasteiger partial charge < -0.3 is 9.84 Å². The van der Waals surface area contributed by atoms with Crippen LogP contribution in [0.25, 0.3) is 0 Å². The molecule has 1 heterocycles. The Labute approximate surface area is 117 Å². The van der Waals surface area contributed by atoms with E-state index < -0.39 is 11.6 Å². The average molecular weight is 274 g/mol. The first-order valence-corrected chi connectivity index (χ1v) is 6.41. The summed E-state index contributed by atoms with van der Waals surface area (Å²) in [4.78, 5) is 11.0. The van der Waals surface area contributed by atoms with Crippen molar-refractivity contribution in [3.05, 3.63) is 53.9 Å². The molecule has 0 aliphatic rings. The molecule has 1 aromatic heterocycles. The van der Waals surface area contributed by atoms with Crippen LogP contribution in [0.3, 0.4) is 0 Å². The smallest absolute Gasteiger partial charge is 0.354 e. The van der Waals surface area contributed by atoms with E-state index in [1.165, 1.54) is 16.9 Å². The second-order valence-electron chi connectivity index (χ2n) is 5.21. The lowest BCUT2D eigenvalue weighted by Gasteiger charge is -2.25. The molecule has 0 spiro atoms. The number of carboxylic acids is 1. The summed E-state index contributed by atoms with van der Waals surface area (Å²) in [5, 5.41) is 13.1. The molecule has 1 N–H and O–H groups in total. The van der Waals surface area contributed by atoms with Gasteiger partial charge in [0, 0.05) is 6.20 Å². The molecule has 0 radical (unpaired) electrons. The van der Waals surface area contributed by atoms with E-state index in [-0.39, 0.29) is 5.69 Å². The Balaban J connectivity index is 2.00. The van der Waals surface area contributed by atoms with E-state index in [4.69, 9.17) is 9.84 Å². The van der Waals surface area contributed by atoms with Crippen molar-refractivity contribution in [2.75, 3.05) is 0 Å². The summed E-state index contributed by atoms with van der Waals surface area (Å²) in [6, 6.07) is 11.3. The number of hydrogen-bond acceptors (Lipinski definition) is 3. The van der Waals surface area contributed by atoms with E-state index in [0.717, 1.165) is 5.56 Å². The van der Waals surface area contributed by atoms with Crippen molar-refractivity contribution in [2.24, 2.45) is 0 Å². The van der Waals surface area contributed by atoms with Crippen molar-refractivity contribution in [1.29, 1.82) is 0 Å². The number of aromatic nitrogens is 2. The minimum atomic E-state index is -0.985. The zero-order valence-electron chi connectivity index (χ0n) is 11.6. The number of rotatable bonds is 6. The summed E-state index contributed by atoms with van der Waals surface area (Å²) in [7, 11) is 0. The lowest BCUT2D eigenvalue weighted by atomic mass is 10.1. The van der Waals surface area contributed by atoms with Crippen LogP contribution in [0.1, 0.15) is 29.9 Å². The van der Waals surface area contributed by atoms with E-state index in [0.29, 0.717) is 13.2 Å². The Hall–Kier alpha value is -2.14. The maximum Gasteiger partial charge on any atom is 0.354 e. The predicted molar refractivity (Wildman–Crippen MR) is 74.5 cm³/mol. The average Bonchev–Trinajstić information content (AvgIpc) is 2.85. The third kappa shape index (κ3) is 3.68. The second-order valence-corrected chi connectivity index (χ2v) is 5.21. The first-order chi connectivity index (χ1) is 9.48. The molecule has 0 aliphatic heterocycles. The van der Waals surface area contributed by atoms with Gasteiger partial charge in [-0.3, -0.25) is 4.68 Å². The third-order valence-electron chi connectivity index (χ3n) is 2.94. The van der Waals surface area contributed by atoms with E-state index in [1.54, 1.807) is 0 Å². The molecule has 0 aliphatic carbocycles. The van der Waals surface area contributed by atoms with E-state index >= 15 is 0 Å². The van der Waals surface area contributed by atoms with Gasteiger partial charge in [0.05, 0.1) is 18.8 Å². The summed E-state index contributed by atoms with van der Waals surface area (Å²) in [6.07, 6.45) is 1.48. The molecule has 0 saturated carbocycles. The van der Waals surface area contributed by atoms with Gasteiger partial charge in [0.25, 0.3) is 0 Å². The van der Waals surface area contributed by atoms with E-state index in [2.05, 4.69) is 5.10 Å². The number of carbonyl (C=O) groups is 1. The number of hydrogen-bond donors (Lipinski definition) is 1. The summed E-state index contributed by atoms with van der Waals surface area (Å²) in [5.74, 6) is -0.985. The molecule has 0 bridgehead atoms. The molecule has 106 valence electrons. The number of aromatic carboxylic acids is 1. The van der Waals surface area contributed by atoms with Crippen LogP contribution in [0.5, 0.6) is 0 Å². The molecule has 2 rings (SSSR count). The lowest BCUT2D eigenvalue weighted by molar-refractivity contribution is -0.0432. The molecule has 2 aromatic rings. The Morgan fingerprint density at radius 2 is 2.00 bits per heavy atom. The quantitative estimate of drug-likeness (QED) is 0.879. The highest BCUT2D eigenvalue weighted by molar-refractivity contribution is 5.85. The van der Waals surface area contributed by atoms with Crippen molar-refractivity contribution in [3.8, 4) is 0 Å². The fourth-order valence-electron chi connectivity index (χ4n) is 1.90. The SMILES string of the molecule is CC(C)(Cn1nccc1C(=O)O)OCc1ccccc1. The minimum Gasteiger partial charge on any atom is -0.477 e. The maximum atomic E-state index is 11.0. The van der Waals surface area contributed by atoms with Crippen LogP contribution < -0.4 is 0 Å². The van der Waals surface area contributed by atoms with Crippen molar-refractivity contribution < 1.29 is 14.6 Å². The minimum absolute atomic E-state index is 0.168. The van der Waals surface area contributed by atoms with Gasteiger partial charge in [-0.25, -0.2) is 4.79 Å². The van der Waals surface area contributed by atoms with Crippen LogP contribution in [-0.2, 0) is 17.9 Å². The molecule has 0 fully saturated rings. The molecule has 5 nitrogen and oxygen atoms in total. The van der Waals surface area contributed by atoms with Crippen LogP contribution in [0.4, 0.5) is 0 Å². The van der Waals surface area contributed by atoms with Crippen LogP contribution >= 0.6 is 0 Å². The lowest BCUT2D eigenvalue weighted by Crippen LogP contribution is -2.32. The largest absolute Gasteiger partial charge is 0.477 e. The molecule has 5 heteroatoms. The van der Waals surface area contributed by atoms with Gasteiger partial charge in [-0.05, 0) is 25.5 Å². The zero-order chi connectivity index (χ0) is 14.6. The molecular formula is C15H18N2O3. The van der Waals surface area contributed by atoms with Crippen molar-refractivity contribution in [2.45, 2.75) is 32.6 Å².